The summed E-state index contributed by atoms with van der Waals surface area (Å²) in [6.07, 6.45) is 0.949. The van der Waals surface area contributed by atoms with E-state index in [2.05, 4.69) is 10.6 Å². The van der Waals surface area contributed by atoms with Crippen LogP contribution in [-0.2, 0) is 16.0 Å². The van der Waals surface area contributed by atoms with Crippen LogP contribution in [0.4, 0.5) is 5.69 Å². The van der Waals surface area contributed by atoms with Gasteiger partial charge >= 0.3 is 0 Å². The Morgan fingerprint density at radius 3 is 2.68 bits per heavy atom. The summed E-state index contributed by atoms with van der Waals surface area (Å²) in [6.45, 7) is 1.60. The second kappa shape index (κ2) is 9.82. The van der Waals surface area contributed by atoms with Crippen LogP contribution in [0, 0.1) is 6.92 Å². The van der Waals surface area contributed by atoms with Crippen molar-refractivity contribution < 1.29 is 23.8 Å². The molecule has 1 aliphatic rings. The second-order valence-electron chi connectivity index (χ2n) is 8.27. The fraction of sp³-hybridized carbons (Fsp3) is 0.269. The first-order valence-corrected chi connectivity index (χ1v) is 11.0. The van der Waals surface area contributed by atoms with Gasteiger partial charge in [-0.15, -0.1) is 0 Å². The van der Waals surface area contributed by atoms with Gasteiger partial charge in [0.1, 0.15) is 17.6 Å². The monoisotopic (exact) mass is 462 g/mol. The Kier molecular flexibility index (Phi) is 6.67. The first-order chi connectivity index (χ1) is 16.4. The van der Waals surface area contributed by atoms with Gasteiger partial charge in [0.05, 0.1) is 13.0 Å². The SMILES string of the molecule is COc1ccc(C(CC(=O)NC2CCc3ccccc3NC2=O)c2oc(C)cc(=O)c2O)cc1. The summed E-state index contributed by atoms with van der Waals surface area (Å²) < 4.78 is 10.9. The molecule has 176 valence electrons. The molecule has 8 heteroatoms. The summed E-state index contributed by atoms with van der Waals surface area (Å²) >= 11 is 0. The molecule has 0 saturated heterocycles. The topological polar surface area (TPSA) is 118 Å². The zero-order valence-electron chi connectivity index (χ0n) is 19.0. The maximum Gasteiger partial charge on any atom is 0.246 e. The Labute approximate surface area is 196 Å². The molecule has 0 spiro atoms. The molecule has 0 radical (unpaired) electrons. The molecule has 34 heavy (non-hydrogen) atoms. The number of hydrogen-bond acceptors (Lipinski definition) is 6. The number of anilines is 1. The molecular formula is C26H26N2O6. The van der Waals surface area contributed by atoms with Gasteiger partial charge in [-0.2, -0.15) is 0 Å². The molecule has 3 N–H and O–H groups in total. The quantitative estimate of drug-likeness (QED) is 0.518. The molecule has 3 aromatic rings. The van der Waals surface area contributed by atoms with Crippen molar-refractivity contribution in [1.82, 2.24) is 5.32 Å². The van der Waals surface area contributed by atoms with Crippen molar-refractivity contribution in [3.63, 3.8) is 0 Å². The van der Waals surface area contributed by atoms with Gasteiger partial charge in [0.25, 0.3) is 0 Å². The number of fused-ring (bicyclic) bond motifs is 1. The highest BCUT2D eigenvalue weighted by Crippen LogP contribution is 2.34. The van der Waals surface area contributed by atoms with E-state index in [1.165, 1.54) is 6.07 Å². The number of aryl methyl sites for hydroxylation is 2. The van der Waals surface area contributed by atoms with E-state index in [-0.39, 0.29) is 18.1 Å². The molecule has 4 rings (SSSR count). The highest BCUT2D eigenvalue weighted by Gasteiger charge is 2.29. The van der Waals surface area contributed by atoms with Crippen molar-refractivity contribution in [3.8, 4) is 11.5 Å². The minimum atomic E-state index is -0.746. The summed E-state index contributed by atoms with van der Waals surface area (Å²) in [5.74, 6) is -1.04. The number of aromatic hydroxyl groups is 1. The Morgan fingerprint density at radius 2 is 1.94 bits per heavy atom. The van der Waals surface area contributed by atoms with Crippen molar-refractivity contribution in [2.45, 2.75) is 38.1 Å². The molecule has 1 aromatic heterocycles. The minimum absolute atomic E-state index is 0.00281. The van der Waals surface area contributed by atoms with Gasteiger partial charge in [-0.25, -0.2) is 0 Å². The van der Waals surface area contributed by atoms with Crippen LogP contribution in [-0.4, -0.2) is 30.1 Å². The largest absolute Gasteiger partial charge is 0.502 e. The van der Waals surface area contributed by atoms with E-state index in [4.69, 9.17) is 9.15 Å². The number of ether oxygens (including phenoxy) is 1. The predicted molar refractivity (Wildman–Crippen MR) is 126 cm³/mol. The third kappa shape index (κ3) is 4.96. The zero-order chi connectivity index (χ0) is 24.2. The van der Waals surface area contributed by atoms with E-state index < -0.39 is 29.0 Å². The number of nitrogens with one attached hydrogen (secondary N) is 2. The van der Waals surface area contributed by atoms with Crippen molar-refractivity contribution in [1.29, 1.82) is 0 Å². The Hall–Kier alpha value is -4.07. The van der Waals surface area contributed by atoms with Crippen LogP contribution in [0.5, 0.6) is 11.5 Å². The number of rotatable bonds is 6. The number of hydrogen-bond donors (Lipinski definition) is 3. The van der Waals surface area contributed by atoms with Crippen LogP contribution in [0.1, 0.15) is 41.4 Å². The van der Waals surface area contributed by atoms with Gasteiger partial charge < -0.3 is 24.9 Å². The molecule has 0 fully saturated rings. The zero-order valence-corrected chi connectivity index (χ0v) is 19.0. The number of methoxy groups -OCH3 is 1. The fourth-order valence-corrected chi connectivity index (χ4v) is 4.15. The van der Waals surface area contributed by atoms with Crippen LogP contribution >= 0.6 is 0 Å². The Bertz CT molecular complexity index is 1270. The predicted octanol–water partition coefficient (Wildman–Crippen LogP) is 3.25. The Balaban J connectivity index is 1.58. The standard InChI is InChI=1S/C26H26N2O6/c1-15-13-22(29)24(31)25(34-15)19(16-7-10-18(33-2)11-8-16)14-23(30)27-21-12-9-17-5-3-4-6-20(17)28-26(21)32/h3-8,10-11,13,19,21,31H,9,12,14H2,1-2H3,(H,27,30)(H,28,32). The van der Waals surface area contributed by atoms with Crippen LogP contribution in [0.3, 0.4) is 0 Å². The lowest BCUT2D eigenvalue weighted by Crippen LogP contribution is -2.43. The van der Waals surface area contributed by atoms with Crippen LogP contribution in [0.25, 0.3) is 0 Å². The Morgan fingerprint density at radius 1 is 1.21 bits per heavy atom. The van der Waals surface area contributed by atoms with Crippen LogP contribution in [0.2, 0.25) is 0 Å². The van der Waals surface area contributed by atoms with Gasteiger partial charge in [-0.05, 0) is 49.1 Å². The lowest BCUT2D eigenvalue weighted by Gasteiger charge is -2.20. The highest BCUT2D eigenvalue weighted by molar-refractivity contribution is 5.98. The molecule has 8 nitrogen and oxygen atoms in total. The number of amides is 2. The van der Waals surface area contributed by atoms with Gasteiger partial charge in [-0.1, -0.05) is 30.3 Å². The summed E-state index contributed by atoms with van der Waals surface area (Å²) in [6, 6.07) is 14.9. The molecule has 2 unspecified atom stereocenters. The van der Waals surface area contributed by atoms with Crippen LogP contribution < -0.4 is 20.8 Å². The molecule has 1 aliphatic heterocycles. The fourth-order valence-electron chi connectivity index (χ4n) is 4.15. The van der Waals surface area contributed by atoms with Crippen molar-refractivity contribution in [2.75, 3.05) is 12.4 Å². The molecular weight excluding hydrogens is 436 g/mol. The van der Waals surface area contributed by atoms with E-state index in [0.29, 0.717) is 29.9 Å². The molecule has 0 bridgehead atoms. The smallest absolute Gasteiger partial charge is 0.246 e. The lowest BCUT2D eigenvalue weighted by atomic mass is 9.91. The summed E-state index contributed by atoms with van der Waals surface area (Å²) in [7, 11) is 1.54. The van der Waals surface area contributed by atoms with E-state index in [0.717, 1.165) is 11.3 Å². The van der Waals surface area contributed by atoms with E-state index >= 15 is 0 Å². The van der Waals surface area contributed by atoms with Crippen molar-refractivity contribution in [3.05, 3.63) is 87.5 Å². The van der Waals surface area contributed by atoms with E-state index in [1.54, 1.807) is 38.3 Å². The van der Waals surface area contributed by atoms with Gasteiger partial charge in [0.15, 0.2) is 5.76 Å². The van der Waals surface area contributed by atoms with Crippen molar-refractivity contribution >= 4 is 17.5 Å². The summed E-state index contributed by atoms with van der Waals surface area (Å²) in [5, 5.41) is 16.1. The first kappa shape index (κ1) is 23.1. The molecule has 2 amide bonds. The number of para-hydroxylation sites is 1. The van der Waals surface area contributed by atoms with Crippen LogP contribution in [0.15, 0.2) is 63.8 Å². The number of carbonyl (C=O) groups is 2. The van der Waals surface area contributed by atoms with E-state index in [1.807, 2.05) is 24.3 Å². The lowest BCUT2D eigenvalue weighted by molar-refractivity contribution is -0.126. The van der Waals surface area contributed by atoms with Gasteiger partial charge in [0.2, 0.25) is 23.0 Å². The summed E-state index contributed by atoms with van der Waals surface area (Å²) in [5.41, 5.74) is 1.82. The van der Waals surface area contributed by atoms with Gasteiger partial charge in [-0.3, -0.25) is 14.4 Å². The third-order valence-electron chi connectivity index (χ3n) is 5.93. The number of benzene rings is 2. The number of carbonyl (C=O) groups excluding carboxylic acids is 2. The molecule has 2 atom stereocenters. The summed E-state index contributed by atoms with van der Waals surface area (Å²) in [4.78, 5) is 38.0. The van der Waals surface area contributed by atoms with E-state index in [9.17, 15) is 19.5 Å². The minimum Gasteiger partial charge on any atom is -0.502 e. The van der Waals surface area contributed by atoms with Gasteiger partial charge in [0, 0.05) is 18.2 Å². The maximum absolute atomic E-state index is 13.1. The van der Waals surface area contributed by atoms with Crippen molar-refractivity contribution in [2.24, 2.45) is 0 Å². The highest BCUT2D eigenvalue weighted by atomic mass is 16.5. The average Bonchev–Trinajstić information content (AvgIpc) is 2.98. The second-order valence-corrected chi connectivity index (χ2v) is 8.27. The normalized spacial score (nSPS) is 16.1. The third-order valence-corrected chi connectivity index (χ3v) is 5.93. The molecule has 2 heterocycles. The molecule has 2 aromatic carbocycles. The molecule has 0 aliphatic carbocycles. The first-order valence-electron chi connectivity index (χ1n) is 11.0. The average molecular weight is 463 g/mol. The maximum atomic E-state index is 13.1. The molecule has 0 saturated carbocycles.